The third kappa shape index (κ3) is 5.19. The van der Waals surface area contributed by atoms with Crippen LogP contribution in [0.4, 0.5) is 0 Å². The first-order chi connectivity index (χ1) is 9.20. The van der Waals surface area contributed by atoms with E-state index in [9.17, 15) is 9.59 Å². The summed E-state index contributed by atoms with van der Waals surface area (Å²) in [6.07, 6.45) is 6.17. The molecule has 0 aromatic heterocycles. The van der Waals surface area contributed by atoms with Crippen molar-refractivity contribution in [1.29, 1.82) is 0 Å². The summed E-state index contributed by atoms with van der Waals surface area (Å²) < 4.78 is 0. The van der Waals surface area contributed by atoms with E-state index in [-0.39, 0.29) is 17.9 Å². The molecule has 2 amide bonds. The number of hydrogen-bond acceptors (Lipinski definition) is 3. The number of hydrogen-bond donors (Lipinski definition) is 2. The zero-order valence-corrected chi connectivity index (χ0v) is 12.0. The van der Waals surface area contributed by atoms with Crippen molar-refractivity contribution in [2.24, 2.45) is 5.73 Å². The molecule has 1 fully saturated rings. The highest BCUT2D eigenvalue weighted by molar-refractivity contribution is 5.88. The summed E-state index contributed by atoms with van der Waals surface area (Å²) in [6.45, 7) is 4.02. The summed E-state index contributed by atoms with van der Waals surface area (Å²) in [5.41, 5.74) is 5.40. The molecule has 5 nitrogen and oxygen atoms in total. The van der Waals surface area contributed by atoms with E-state index in [1.807, 2.05) is 0 Å². The first kappa shape index (κ1) is 16.0. The molecular formula is C14H27N3O2. The Hall–Kier alpha value is -1.10. The Morgan fingerprint density at radius 2 is 2.11 bits per heavy atom. The number of likely N-dealkylation sites (tertiary alicyclic amines) is 1. The Bertz CT molecular complexity index is 266. The SMILES string of the molecule is CCCCCC(=O)N1CCC[C@H]1C(=O)NCCCN. The van der Waals surface area contributed by atoms with Crippen LogP contribution >= 0.6 is 0 Å². The van der Waals surface area contributed by atoms with Gasteiger partial charge in [-0.1, -0.05) is 19.8 Å². The molecule has 0 saturated carbocycles. The highest BCUT2D eigenvalue weighted by Gasteiger charge is 2.33. The van der Waals surface area contributed by atoms with Crippen LogP contribution in [-0.2, 0) is 9.59 Å². The second-order valence-corrected chi connectivity index (χ2v) is 5.14. The van der Waals surface area contributed by atoms with Gasteiger partial charge in [0.25, 0.3) is 0 Å². The Balaban J connectivity index is 2.39. The van der Waals surface area contributed by atoms with Crippen LogP contribution < -0.4 is 11.1 Å². The average molecular weight is 269 g/mol. The largest absolute Gasteiger partial charge is 0.354 e. The molecule has 1 aliphatic rings. The van der Waals surface area contributed by atoms with Crippen LogP contribution in [-0.4, -0.2) is 42.4 Å². The first-order valence-corrected chi connectivity index (χ1v) is 7.48. The Kier molecular flexibility index (Phi) is 7.48. The summed E-state index contributed by atoms with van der Waals surface area (Å²) in [5, 5.41) is 2.86. The van der Waals surface area contributed by atoms with Gasteiger partial charge in [-0.3, -0.25) is 9.59 Å². The molecule has 0 unspecified atom stereocenters. The quantitative estimate of drug-likeness (QED) is 0.646. The number of nitrogens with two attached hydrogens (primary N) is 1. The van der Waals surface area contributed by atoms with Crippen LogP contribution in [0.25, 0.3) is 0 Å². The van der Waals surface area contributed by atoms with Crippen molar-refractivity contribution >= 4 is 11.8 Å². The molecule has 1 saturated heterocycles. The molecular weight excluding hydrogens is 242 g/mol. The van der Waals surface area contributed by atoms with E-state index < -0.39 is 0 Å². The number of amides is 2. The minimum atomic E-state index is -0.257. The molecule has 0 spiro atoms. The summed E-state index contributed by atoms with van der Waals surface area (Å²) in [6, 6.07) is -0.257. The molecule has 5 heteroatoms. The Morgan fingerprint density at radius 1 is 1.32 bits per heavy atom. The third-order valence-corrected chi connectivity index (χ3v) is 3.55. The summed E-state index contributed by atoms with van der Waals surface area (Å²) >= 11 is 0. The van der Waals surface area contributed by atoms with Gasteiger partial charge < -0.3 is 16.0 Å². The minimum Gasteiger partial charge on any atom is -0.354 e. The molecule has 0 aliphatic carbocycles. The Morgan fingerprint density at radius 3 is 2.79 bits per heavy atom. The van der Waals surface area contributed by atoms with Crippen LogP contribution in [0.5, 0.6) is 0 Å². The number of carbonyl (C=O) groups is 2. The van der Waals surface area contributed by atoms with Crippen LogP contribution in [0.1, 0.15) is 51.9 Å². The van der Waals surface area contributed by atoms with Crippen LogP contribution in [0.2, 0.25) is 0 Å². The van der Waals surface area contributed by atoms with Crippen molar-refractivity contribution in [3.05, 3.63) is 0 Å². The van der Waals surface area contributed by atoms with Gasteiger partial charge in [0, 0.05) is 19.5 Å². The Labute approximate surface area is 115 Å². The lowest BCUT2D eigenvalue weighted by Crippen LogP contribution is -2.46. The lowest BCUT2D eigenvalue weighted by Gasteiger charge is -2.24. The fourth-order valence-corrected chi connectivity index (χ4v) is 2.44. The predicted molar refractivity (Wildman–Crippen MR) is 75.6 cm³/mol. The van der Waals surface area contributed by atoms with Gasteiger partial charge in [0.1, 0.15) is 6.04 Å². The normalized spacial score (nSPS) is 18.6. The third-order valence-electron chi connectivity index (χ3n) is 3.55. The van der Waals surface area contributed by atoms with Gasteiger partial charge in [0.15, 0.2) is 0 Å². The van der Waals surface area contributed by atoms with Crippen molar-refractivity contribution in [3.8, 4) is 0 Å². The second-order valence-electron chi connectivity index (χ2n) is 5.14. The smallest absolute Gasteiger partial charge is 0.242 e. The monoisotopic (exact) mass is 269 g/mol. The van der Waals surface area contributed by atoms with Gasteiger partial charge in [0.2, 0.25) is 11.8 Å². The van der Waals surface area contributed by atoms with Gasteiger partial charge in [-0.25, -0.2) is 0 Å². The van der Waals surface area contributed by atoms with E-state index in [4.69, 9.17) is 5.73 Å². The number of nitrogens with zero attached hydrogens (tertiary/aromatic N) is 1. The minimum absolute atomic E-state index is 0.0187. The fraction of sp³-hybridized carbons (Fsp3) is 0.857. The van der Waals surface area contributed by atoms with Crippen LogP contribution in [0.15, 0.2) is 0 Å². The van der Waals surface area contributed by atoms with E-state index >= 15 is 0 Å². The zero-order valence-electron chi connectivity index (χ0n) is 12.0. The molecule has 0 bridgehead atoms. The number of carbonyl (C=O) groups excluding carboxylic acids is 2. The lowest BCUT2D eigenvalue weighted by molar-refractivity contribution is -0.138. The molecule has 1 aliphatic heterocycles. The topological polar surface area (TPSA) is 75.4 Å². The van der Waals surface area contributed by atoms with E-state index in [0.29, 0.717) is 19.5 Å². The maximum absolute atomic E-state index is 12.1. The highest BCUT2D eigenvalue weighted by atomic mass is 16.2. The molecule has 3 N–H and O–H groups in total. The van der Waals surface area contributed by atoms with Crippen LogP contribution in [0, 0.1) is 0 Å². The van der Waals surface area contributed by atoms with Crippen molar-refractivity contribution in [3.63, 3.8) is 0 Å². The molecule has 1 heterocycles. The second kappa shape index (κ2) is 8.91. The van der Waals surface area contributed by atoms with Gasteiger partial charge in [-0.2, -0.15) is 0 Å². The number of rotatable bonds is 8. The van der Waals surface area contributed by atoms with Gasteiger partial charge in [-0.15, -0.1) is 0 Å². The van der Waals surface area contributed by atoms with Crippen molar-refractivity contribution in [1.82, 2.24) is 10.2 Å². The van der Waals surface area contributed by atoms with Gasteiger partial charge in [-0.05, 0) is 32.2 Å². The molecule has 0 aromatic rings. The molecule has 19 heavy (non-hydrogen) atoms. The molecule has 0 aromatic carbocycles. The molecule has 1 atom stereocenters. The number of nitrogens with one attached hydrogen (secondary N) is 1. The van der Waals surface area contributed by atoms with E-state index in [0.717, 1.165) is 45.1 Å². The average Bonchev–Trinajstić information content (AvgIpc) is 2.88. The molecule has 0 radical (unpaired) electrons. The van der Waals surface area contributed by atoms with Gasteiger partial charge >= 0.3 is 0 Å². The summed E-state index contributed by atoms with van der Waals surface area (Å²) in [7, 11) is 0. The van der Waals surface area contributed by atoms with E-state index in [1.165, 1.54) is 0 Å². The first-order valence-electron chi connectivity index (χ1n) is 7.48. The van der Waals surface area contributed by atoms with Crippen LogP contribution in [0.3, 0.4) is 0 Å². The van der Waals surface area contributed by atoms with Crippen molar-refractivity contribution < 1.29 is 9.59 Å². The van der Waals surface area contributed by atoms with E-state index in [1.54, 1.807) is 4.90 Å². The highest BCUT2D eigenvalue weighted by Crippen LogP contribution is 2.19. The van der Waals surface area contributed by atoms with E-state index in [2.05, 4.69) is 12.2 Å². The zero-order chi connectivity index (χ0) is 14.1. The standard InChI is InChI=1S/C14H27N3O2/c1-2-3-4-8-13(18)17-11-5-7-12(17)14(19)16-10-6-9-15/h12H,2-11,15H2,1H3,(H,16,19)/t12-/m0/s1. The predicted octanol–water partition coefficient (Wildman–Crippen LogP) is 1.02. The molecule has 1 rings (SSSR count). The maximum Gasteiger partial charge on any atom is 0.242 e. The number of unbranched alkanes of at least 4 members (excludes halogenated alkanes) is 2. The summed E-state index contributed by atoms with van der Waals surface area (Å²) in [5.74, 6) is 0.111. The van der Waals surface area contributed by atoms with Gasteiger partial charge in [0.05, 0.1) is 0 Å². The van der Waals surface area contributed by atoms with Crippen molar-refractivity contribution in [2.75, 3.05) is 19.6 Å². The fourth-order valence-electron chi connectivity index (χ4n) is 2.44. The van der Waals surface area contributed by atoms with Crippen molar-refractivity contribution in [2.45, 2.75) is 57.9 Å². The lowest BCUT2D eigenvalue weighted by atomic mass is 10.1. The summed E-state index contributed by atoms with van der Waals surface area (Å²) in [4.78, 5) is 25.9. The maximum atomic E-state index is 12.1. The molecule has 110 valence electrons.